The van der Waals surface area contributed by atoms with Crippen molar-refractivity contribution in [3.63, 3.8) is 0 Å². The first-order chi connectivity index (χ1) is 4.41. The van der Waals surface area contributed by atoms with E-state index in [-0.39, 0.29) is 29.6 Å². The van der Waals surface area contributed by atoms with Crippen LogP contribution in [0.3, 0.4) is 0 Å². The summed E-state index contributed by atoms with van der Waals surface area (Å²) >= 11 is 0. The maximum absolute atomic E-state index is 8.74. The molecule has 0 unspecified atom stereocenters. The third-order valence-corrected chi connectivity index (χ3v) is 0.408. The first-order valence-corrected chi connectivity index (χ1v) is 4.09. The van der Waals surface area contributed by atoms with E-state index in [0.717, 1.165) is 13.2 Å². The molecule has 0 amide bonds. The van der Waals surface area contributed by atoms with E-state index in [2.05, 4.69) is 0 Å². The van der Waals surface area contributed by atoms with Crippen LogP contribution in [0.2, 0.25) is 0 Å². The molecule has 0 saturated carbocycles. The second kappa shape index (κ2) is 10.8. The third-order valence-electron chi connectivity index (χ3n) is 0.408. The molecule has 0 radical (unpaired) electrons. The summed E-state index contributed by atoms with van der Waals surface area (Å²) in [6, 6.07) is 0. The van der Waals surface area contributed by atoms with Gasteiger partial charge in [-0.15, -0.1) is 0 Å². The number of hydrogen-bond donors (Lipinski definition) is 2. The Balaban J connectivity index is -0.000000107. The van der Waals surface area contributed by atoms with Crippen molar-refractivity contribution in [2.75, 3.05) is 13.2 Å². The van der Waals surface area contributed by atoms with Gasteiger partial charge in [0.15, 0.2) is 0 Å². The molecule has 5 nitrogen and oxygen atoms in total. The second-order valence-electron chi connectivity index (χ2n) is 1.23. The predicted octanol–water partition coefficient (Wildman–Crippen LogP) is -0.259. The molecular formula is C4H13NaO5S. The molecule has 7 heteroatoms. The Morgan fingerprint density at radius 3 is 1.36 bits per heavy atom. The van der Waals surface area contributed by atoms with Crippen LogP contribution in [0.5, 0.6) is 0 Å². The van der Waals surface area contributed by atoms with Crippen LogP contribution in [0.4, 0.5) is 0 Å². The molecule has 0 aromatic heterocycles. The molecule has 0 heterocycles. The van der Waals surface area contributed by atoms with E-state index in [1.165, 1.54) is 0 Å². The van der Waals surface area contributed by atoms with Crippen molar-refractivity contribution in [2.45, 2.75) is 13.8 Å². The second-order valence-corrected chi connectivity index (χ2v) is 2.12. The normalized spacial score (nSPS) is 9.09. The zero-order chi connectivity index (χ0) is 8.62. The maximum atomic E-state index is 8.74. The molecule has 0 aliphatic carbocycles. The SMILES string of the molecule is CCOCC.O=S(=O)(O)O.[NaH]. The molecule has 0 bridgehead atoms. The molecule has 0 rings (SSSR count). The molecule has 0 saturated heterocycles. The van der Waals surface area contributed by atoms with E-state index in [0.29, 0.717) is 0 Å². The molecule has 0 fully saturated rings. The Bertz CT molecular complexity index is 133. The monoisotopic (exact) mass is 196 g/mol. The Kier molecular flexibility index (Phi) is 17.5. The summed E-state index contributed by atoms with van der Waals surface area (Å²) in [6.45, 7) is 5.67. The van der Waals surface area contributed by atoms with E-state index in [1.54, 1.807) is 0 Å². The van der Waals surface area contributed by atoms with Crippen molar-refractivity contribution in [3.8, 4) is 0 Å². The summed E-state index contributed by atoms with van der Waals surface area (Å²) < 4.78 is 36.4. The fourth-order valence-corrected chi connectivity index (χ4v) is 0.204. The van der Waals surface area contributed by atoms with Crippen LogP contribution < -0.4 is 0 Å². The van der Waals surface area contributed by atoms with Crippen LogP contribution in [-0.4, -0.2) is 60.3 Å². The van der Waals surface area contributed by atoms with Crippen molar-refractivity contribution in [1.82, 2.24) is 0 Å². The van der Waals surface area contributed by atoms with Crippen molar-refractivity contribution in [2.24, 2.45) is 0 Å². The van der Waals surface area contributed by atoms with Gasteiger partial charge in [0, 0.05) is 13.2 Å². The summed E-state index contributed by atoms with van der Waals surface area (Å²) in [4.78, 5) is 0. The third kappa shape index (κ3) is 105. The fourth-order valence-electron chi connectivity index (χ4n) is 0.204. The number of rotatable bonds is 2. The standard InChI is InChI=1S/C4H10O.Na.H2O4S.H/c1-3-5-4-2;;1-5(2,3)4;/h3-4H2,1-2H3;;(H2,1,2,3,4);. The van der Waals surface area contributed by atoms with E-state index >= 15 is 0 Å². The Morgan fingerprint density at radius 1 is 1.18 bits per heavy atom. The minimum atomic E-state index is -4.67. The molecule has 66 valence electrons. The van der Waals surface area contributed by atoms with Gasteiger partial charge in [-0.05, 0) is 13.8 Å². The van der Waals surface area contributed by atoms with Gasteiger partial charge in [0.1, 0.15) is 0 Å². The summed E-state index contributed by atoms with van der Waals surface area (Å²) in [7, 11) is -4.67. The molecule has 0 aromatic rings. The first-order valence-electron chi connectivity index (χ1n) is 2.69. The van der Waals surface area contributed by atoms with Gasteiger partial charge in [-0.1, -0.05) is 0 Å². The zero-order valence-electron chi connectivity index (χ0n) is 5.94. The van der Waals surface area contributed by atoms with Gasteiger partial charge in [0.05, 0.1) is 0 Å². The van der Waals surface area contributed by atoms with Crippen LogP contribution in [-0.2, 0) is 15.1 Å². The molecule has 0 atom stereocenters. The fraction of sp³-hybridized carbons (Fsp3) is 1.00. The summed E-state index contributed by atoms with van der Waals surface area (Å²) in [5.74, 6) is 0. The molecule has 0 aliphatic rings. The van der Waals surface area contributed by atoms with Gasteiger partial charge in [-0.25, -0.2) is 0 Å². The first kappa shape index (κ1) is 17.8. The van der Waals surface area contributed by atoms with E-state index in [9.17, 15) is 0 Å². The minimum absolute atomic E-state index is 0. The van der Waals surface area contributed by atoms with Crippen LogP contribution in [0.1, 0.15) is 13.8 Å². The van der Waals surface area contributed by atoms with Crippen molar-refractivity contribution in [1.29, 1.82) is 0 Å². The van der Waals surface area contributed by atoms with Gasteiger partial charge in [-0.3, -0.25) is 9.11 Å². The quantitative estimate of drug-likeness (QED) is 0.469. The Morgan fingerprint density at radius 2 is 1.36 bits per heavy atom. The summed E-state index contributed by atoms with van der Waals surface area (Å²) in [5, 5.41) is 0. The van der Waals surface area contributed by atoms with Gasteiger partial charge in [0.25, 0.3) is 0 Å². The van der Waals surface area contributed by atoms with Crippen molar-refractivity contribution >= 4 is 40.0 Å². The van der Waals surface area contributed by atoms with Crippen molar-refractivity contribution in [3.05, 3.63) is 0 Å². The molecular weight excluding hydrogens is 183 g/mol. The number of ether oxygens (including phenoxy) is 1. The van der Waals surface area contributed by atoms with E-state index in [1.807, 2.05) is 13.8 Å². The van der Waals surface area contributed by atoms with Crippen LogP contribution in [0.15, 0.2) is 0 Å². The number of hydrogen-bond acceptors (Lipinski definition) is 3. The van der Waals surface area contributed by atoms with Gasteiger partial charge >= 0.3 is 40.0 Å². The summed E-state index contributed by atoms with van der Waals surface area (Å²) in [6.07, 6.45) is 0. The van der Waals surface area contributed by atoms with Crippen LogP contribution >= 0.6 is 0 Å². The van der Waals surface area contributed by atoms with Gasteiger partial charge in [-0.2, -0.15) is 8.42 Å². The summed E-state index contributed by atoms with van der Waals surface area (Å²) in [5.41, 5.74) is 0. The van der Waals surface area contributed by atoms with E-state index in [4.69, 9.17) is 22.3 Å². The van der Waals surface area contributed by atoms with Crippen molar-refractivity contribution < 1.29 is 22.3 Å². The Labute approximate surface area is 89.0 Å². The van der Waals surface area contributed by atoms with Gasteiger partial charge < -0.3 is 4.74 Å². The van der Waals surface area contributed by atoms with Gasteiger partial charge in [0.2, 0.25) is 0 Å². The van der Waals surface area contributed by atoms with E-state index < -0.39 is 10.4 Å². The molecule has 0 spiro atoms. The average molecular weight is 196 g/mol. The topological polar surface area (TPSA) is 83.8 Å². The zero-order valence-corrected chi connectivity index (χ0v) is 6.76. The van der Waals surface area contributed by atoms with Crippen LogP contribution in [0.25, 0.3) is 0 Å². The predicted molar refractivity (Wildman–Crippen MR) is 43.5 cm³/mol. The van der Waals surface area contributed by atoms with Crippen LogP contribution in [0, 0.1) is 0 Å². The molecule has 2 N–H and O–H groups in total. The Hall–Kier alpha value is 0.830. The molecule has 0 aliphatic heterocycles. The average Bonchev–Trinajstić information content (AvgIpc) is 1.63. The molecule has 11 heavy (non-hydrogen) atoms. The molecule has 0 aromatic carbocycles.